The Hall–Kier alpha value is -0.710. The second-order valence-corrected chi connectivity index (χ2v) is 3.65. The van der Waals surface area contributed by atoms with Gasteiger partial charge in [-0.3, -0.25) is 4.79 Å². The number of rotatable bonds is 5. The average molecular weight is 193 g/mol. The molecular weight excluding hydrogens is 180 g/mol. The Bertz CT molecular complexity index is 204. The lowest BCUT2D eigenvalue weighted by Crippen LogP contribution is -2.37. The third-order valence-corrected chi connectivity index (χ3v) is 2.12. The van der Waals surface area contributed by atoms with E-state index in [1.54, 1.807) is 0 Å². The summed E-state index contributed by atoms with van der Waals surface area (Å²) >= 11 is 0. The van der Waals surface area contributed by atoms with Gasteiger partial charge < -0.3 is 10.8 Å². The summed E-state index contributed by atoms with van der Waals surface area (Å²) in [5, 5.41) is 8.34. The minimum absolute atomic E-state index is 0.0796. The Morgan fingerprint density at radius 2 is 2.15 bits per heavy atom. The van der Waals surface area contributed by atoms with E-state index in [2.05, 4.69) is 0 Å². The topological polar surface area (TPSA) is 63.3 Å². The fourth-order valence-corrected chi connectivity index (χ4v) is 1.24. The molecule has 0 bridgehead atoms. The Morgan fingerprint density at radius 1 is 1.62 bits per heavy atom. The summed E-state index contributed by atoms with van der Waals surface area (Å²) in [7, 11) is 0. The lowest BCUT2D eigenvalue weighted by atomic mass is 10.0. The quantitative estimate of drug-likeness (QED) is 0.690. The van der Waals surface area contributed by atoms with Crippen molar-refractivity contribution in [3.8, 4) is 0 Å². The molecule has 5 heteroatoms. The lowest BCUT2D eigenvalue weighted by Gasteiger charge is -2.17. The molecule has 13 heavy (non-hydrogen) atoms. The van der Waals surface area contributed by atoms with Crippen LogP contribution in [0.25, 0.3) is 0 Å². The molecule has 1 rings (SSSR count). The monoisotopic (exact) mass is 193 g/mol. The predicted octanol–water partition coefficient (Wildman–Crippen LogP) is 1.22. The molecule has 0 aromatic carbocycles. The second kappa shape index (κ2) is 3.57. The number of carbonyl (C=O) groups is 1. The van der Waals surface area contributed by atoms with E-state index in [0.29, 0.717) is 0 Å². The van der Waals surface area contributed by atoms with Crippen molar-refractivity contribution in [2.45, 2.75) is 37.6 Å². The molecule has 0 radical (unpaired) electrons. The smallest absolute Gasteiger partial charge is 0.320 e. The van der Waals surface area contributed by atoms with Gasteiger partial charge in [0.25, 0.3) is 5.92 Å². The summed E-state index contributed by atoms with van der Waals surface area (Å²) in [5.74, 6) is -4.20. The van der Waals surface area contributed by atoms with E-state index in [0.717, 1.165) is 12.8 Å². The zero-order chi connectivity index (χ0) is 10.1. The molecule has 1 saturated carbocycles. The first-order valence-electron chi connectivity index (χ1n) is 4.27. The van der Waals surface area contributed by atoms with E-state index < -0.39 is 24.4 Å². The molecule has 0 heterocycles. The fourth-order valence-electron chi connectivity index (χ4n) is 1.24. The SMILES string of the molecule is N[C@H](CC(F)(F)CC1CC1)C(=O)O. The first-order valence-corrected chi connectivity index (χ1v) is 4.27. The van der Waals surface area contributed by atoms with Gasteiger partial charge in [0.1, 0.15) is 6.04 Å². The molecule has 0 amide bonds. The molecule has 1 atom stereocenters. The van der Waals surface area contributed by atoms with E-state index in [9.17, 15) is 13.6 Å². The first kappa shape index (κ1) is 10.4. The van der Waals surface area contributed by atoms with Crippen molar-refractivity contribution < 1.29 is 18.7 Å². The molecule has 3 nitrogen and oxygen atoms in total. The number of carboxylic acids is 1. The van der Waals surface area contributed by atoms with Crippen LogP contribution >= 0.6 is 0 Å². The van der Waals surface area contributed by atoms with E-state index in [1.807, 2.05) is 0 Å². The second-order valence-electron chi connectivity index (χ2n) is 3.65. The summed E-state index contributed by atoms with van der Waals surface area (Å²) in [6, 6.07) is -1.45. The Balaban J connectivity index is 2.34. The summed E-state index contributed by atoms with van der Waals surface area (Å²) in [6.45, 7) is 0. The van der Waals surface area contributed by atoms with Crippen LogP contribution in [-0.2, 0) is 4.79 Å². The molecule has 0 aliphatic heterocycles. The van der Waals surface area contributed by atoms with Crippen molar-refractivity contribution in [1.82, 2.24) is 0 Å². The number of hydrogen-bond donors (Lipinski definition) is 2. The van der Waals surface area contributed by atoms with Crippen molar-refractivity contribution in [3.05, 3.63) is 0 Å². The van der Waals surface area contributed by atoms with Gasteiger partial charge in [0.05, 0.1) is 0 Å². The number of carboxylic acid groups (broad SMARTS) is 1. The highest BCUT2D eigenvalue weighted by Gasteiger charge is 2.39. The van der Waals surface area contributed by atoms with Gasteiger partial charge >= 0.3 is 5.97 Å². The van der Waals surface area contributed by atoms with Crippen molar-refractivity contribution in [2.75, 3.05) is 0 Å². The van der Waals surface area contributed by atoms with Crippen LogP contribution in [0.4, 0.5) is 8.78 Å². The van der Waals surface area contributed by atoms with Crippen LogP contribution in [0.3, 0.4) is 0 Å². The van der Waals surface area contributed by atoms with Gasteiger partial charge in [-0.2, -0.15) is 0 Å². The molecule has 0 aromatic rings. The van der Waals surface area contributed by atoms with Gasteiger partial charge in [0, 0.05) is 12.8 Å². The molecule has 1 aliphatic carbocycles. The van der Waals surface area contributed by atoms with Crippen LogP contribution in [0.5, 0.6) is 0 Å². The maximum atomic E-state index is 13.0. The zero-order valence-electron chi connectivity index (χ0n) is 7.17. The van der Waals surface area contributed by atoms with E-state index >= 15 is 0 Å². The van der Waals surface area contributed by atoms with Gasteiger partial charge in [-0.05, 0) is 18.8 Å². The van der Waals surface area contributed by atoms with Gasteiger partial charge in [0.15, 0.2) is 0 Å². The summed E-state index contributed by atoms with van der Waals surface area (Å²) in [6.07, 6.45) is 0.697. The largest absolute Gasteiger partial charge is 0.480 e. The maximum Gasteiger partial charge on any atom is 0.320 e. The van der Waals surface area contributed by atoms with Crippen LogP contribution in [0, 0.1) is 5.92 Å². The molecule has 3 N–H and O–H groups in total. The number of alkyl halides is 2. The van der Waals surface area contributed by atoms with E-state index in [4.69, 9.17) is 10.8 Å². The van der Waals surface area contributed by atoms with Crippen molar-refractivity contribution in [2.24, 2.45) is 11.7 Å². The number of hydrogen-bond acceptors (Lipinski definition) is 2. The van der Waals surface area contributed by atoms with Crippen LogP contribution in [0.1, 0.15) is 25.7 Å². The molecular formula is C8H13F2NO2. The molecule has 0 spiro atoms. The molecule has 76 valence electrons. The summed E-state index contributed by atoms with van der Waals surface area (Å²) < 4.78 is 26.0. The number of halogens is 2. The molecule has 1 fully saturated rings. The fraction of sp³-hybridized carbons (Fsp3) is 0.875. The Labute approximate surface area is 74.9 Å². The van der Waals surface area contributed by atoms with E-state index in [1.165, 1.54) is 0 Å². The van der Waals surface area contributed by atoms with Gasteiger partial charge in [-0.1, -0.05) is 0 Å². The summed E-state index contributed by atoms with van der Waals surface area (Å²) in [4.78, 5) is 10.2. The highest BCUT2D eigenvalue weighted by atomic mass is 19.3. The third kappa shape index (κ3) is 3.67. The van der Waals surface area contributed by atoms with Gasteiger partial charge in [-0.25, -0.2) is 8.78 Å². The van der Waals surface area contributed by atoms with Gasteiger partial charge in [0.2, 0.25) is 0 Å². The van der Waals surface area contributed by atoms with Crippen LogP contribution in [-0.4, -0.2) is 23.0 Å². The van der Waals surface area contributed by atoms with Crippen LogP contribution < -0.4 is 5.73 Å². The van der Waals surface area contributed by atoms with Gasteiger partial charge in [-0.15, -0.1) is 0 Å². The number of nitrogens with two attached hydrogens (primary N) is 1. The standard InChI is InChI=1S/C8H13F2NO2/c9-8(10,3-5-1-2-5)4-6(11)7(12)13/h5-6H,1-4,11H2,(H,12,13)/t6-/m1/s1. The molecule has 0 aromatic heterocycles. The lowest BCUT2D eigenvalue weighted by molar-refractivity contribution is -0.141. The zero-order valence-corrected chi connectivity index (χ0v) is 7.17. The highest BCUT2D eigenvalue weighted by Crippen LogP contribution is 2.40. The third-order valence-electron chi connectivity index (χ3n) is 2.12. The Morgan fingerprint density at radius 3 is 2.54 bits per heavy atom. The normalized spacial score (nSPS) is 19.9. The minimum Gasteiger partial charge on any atom is -0.480 e. The van der Waals surface area contributed by atoms with Crippen molar-refractivity contribution >= 4 is 5.97 Å². The average Bonchev–Trinajstić information content (AvgIpc) is 2.69. The molecule has 0 unspecified atom stereocenters. The van der Waals surface area contributed by atoms with Crippen molar-refractivity contribution in [3.63, 3.8) is 0 Å². The number of aliphatic carboxylic acids is 1. The molecule has 1 aliphatic rings. The first-order chi connectivity index (χ1) is 5.91. The predicted molar refractivity (Wildman–Crippen MR) is 42.5 cm³/mol. The van der Waals surface area contributed by atoms with Crippen LogP contribution in [0.15, 0.2) is 0 Å². The van der Waals surface area contributed by atoms with E-state index in [-0.39, 0.29) is 12.3 Å². The Kier molecular flexibility index (Phi) is 2.85. The van der Waals surface area contributed by atoms with Crippen LogP contribution in [0.2, 0.25) is 0 Å². The minimum atomic E-state index is -2.92. The molecule has 0 saturated heterocycles. The maximum absolute atomic E-state index is 13.0. The van der Waals surface area contributed by atoms with Crippen molar-refractivity contribution in [1.29, 1.82) is 0 Å². The highest BCUT2D eigenvalue weighted by molar-refractivity contribution is 5.73. The summed E-state index contributed by atoms with van der Waals surface area (Å²) in [5.41, 5.74) is 5.02.